The van der Waals surface area contributed by atoms with Crippen LogP contribution in [0.25, 0.3) is 10.1 Å². The maximum absolute atomic E-state index is 13.5. The van der Waals surface area contributed by atoms with Gasteiger partial charge in [0.05, 0.1) is 0 Å². The Balaban J connectivity index is 2.83. The van der Waals surface area contributed by atoms with E-state index in [-0.39, 0.29) is 4.88 Å². The van der Waals surface area contributed by atoms with Crippen molar-refractivity contribution < 1.29 is 9.18 Å². The molecule has 1 nitrogen and oxygen atoms in total. The van der Waals surface area contributed by atoms with Crippen molar-refractivity contribution in [2.75, 3.05) is 0 Å². The summed E-state index contributed by atoms with van der Waals surface area (Å²) >= 11 is 6.85. The fourth-order valence-corrected chi connectivity index (χ4v) is 2.66. The molecule has 0 fully saturated rings. The van der Waals surface area contributed by atoms with Gasteiger partial charge >= 0.3 is 0 Å². The van der Waals surface area contributed by atoms with E-state index in [1.165, 1.54) is 0 Å². The molecule has 0 saturated heterocycles. The molecule has 0 saturated carbocycles. The molecule has 4 heteroatoms. The minimum Gasteiger partial charge on any atom is -0.297 e. The molecule has 72 valence electrons. The van der Waals surface area contributed by atoms with Crippen molar-refractivity contribution in [3.8, 4) is 0 Å². The van der Waals surface area contributed by atoms with Crippen LogP contribution in [0.15, 0.2) is 18.2 Å². The van der Waals surface area contributed by atoms with Crippen LogP contribution in [-0.4, -0.2) is 6.29 Å². The highest BCUT2D eigenvalue weighted by Crippen LogP contribution is 2.32. The summed E-state index contributed by atoms with van der Waals surface area (Å²) in [7, 11) is 0. The van der Waals surface area contributed by atoms with Gasteiger partial charge in [-0.25, -0.2) is 4.39 Å². The number of aldehydes is 1. The van der Waals surface area contributed by atoms with Crippen molar-refractivity contribution in [2.45, 2.75) is 5.88 Å². The standard InChI is InChI=1S/C10H6ClFOS/c11-4-6-2-1-3-7-9(12)8(5-13)14-10(6)7/h1-3,5H,4H2. The number of alkyl halides is 1. The number of rotatable bonds is 2. The normalized spacial score (nSPS) is 10.7. The molecular formula is C10H6ClFOS. The monoisotopic (exact) mass is 228 g/mol. The lowest BCUT2D eigenvalue weighted by molar-refractivity contribution is 0.112. The van der Waals surface area contributed by atoms with Crippen LogP contribution in [0.5, 0.6) is 0 Å². The zero-order valence-corrected chi connectivity index (χ0v) is 8.66. The third-order valence-corrected chi connectivity index (χ3v) is 3.48. The molecule has 1 aromatic heterocycles. The third-order valence-electron chi connectivity index (χ3n) is 2.01. The minimum atomic E-state index is -0.438. The number of carbonyl (C=O) groups excluding carboxylic acids is 1. The van der Waals surface area contributed by atoms with Crippen LogP contribution in [0, 0.1) is 5.82 Å². The fraction of sp³-hybridized carbons (Fsp3) is 0.100. The van der Waals surface area contributed by atoms with Gasteiger partial charge in [0.15, 0.2) is 12.1 Å². The van der Waals surface area contributed by atoms with E-state index in [1.807, 2.05) is 6.07 Å². The summed E-state index contributed by atoms with van der Waals surface area (Å²) in [5.41, 5.74) is 0.862. The molecule has 0 aliphatic carbocycles. The predicted molar refractivity (Wildman–Crippen MR) is 56.7 cm³/mol. The van der Waals surface area contributed by atoms with Crippen LogP contribution >= 0.6 is 22.9 Å². The molecule has 0 aliphatic heterocycles. The topological polar surface area (TPSA) is 17.1 Å². The molecular weight excluding hydrogens is 223 g/mol. The molecule has 14 heavy (non-hydrogen) atoms. The predicted octanol–water partition coefficient (Wildman–Crippen LogP) is 3.59. The molecule has 0 N–H and O–H groups in total. The summed E-state index contributed by atoms with van der Waals surface area (Å²) in [5.74, 6) is -0.109. The smallest absolute Gasteiger partial charge is 0.163 e. The number of hydrogen-bond acceptors (Lipinski definition) is 2. The van der Waals surface area contributed by atoms with Gasteiger partial charge < -0.3 is 0 Å². The van der Waals surface area contributed by atoms with Gasteiger partial charge in [0.25, 0.3) is 0 Å². The molecule has 0 unspecified atom stereocenters. The minimum absolute atomic E-state index is 0.137. The third kappa shape index (κ3) is 1.33. The second-order valence-corrected chi connectivity index (χ2v) is 4.15. The molecule has 0 amide bonds. The second-order valence-electron chi connectivity index (χ2n) is 2.83. The summed E-state index contributed by atoms with van der Waals surface area (Å²) in [5, 5.41) is 0.482. The molecule has 2 rings (SSSR count). The Morgan fingerprint density at radius 1 is 1.50 bits per heavy atom. The average Bonchev–Trinajstić information content (AvgIpc) is 2.55. The van der Waals surface area contributed by atoms with E-state index in [1.54, 1.807) is 12.1 Å². The Hall–Kier alpha value is -0.930. The van der Waals surface area contributed by atoms with E-state index in [0.29, 0.717) is 17.6 Å². The van der Waals surface area contributed by atoms with Crippen molar-refractivity contribution in [1.82, 2.24) is 0 Å². The molecule has 1 heterocycles. The van der Waals surface area contributed by atoms with Crippen molar-refractivity contribution >= 4 is 39.3 Å². The number of thiophene rings is 1. The lowest BCUT2D eigenvalue weighted by Gasteiger charge is -1.95. The lowest BCUT2D eigenvalue weighted by Crippen LogP contribution is -1.78. The van der Waals surface area contributed by atoms with Gasteiger partial charge in [-0.05, 0) is 5.56 Å². The molecule has 0 spiro atoms. The van der Waals surface area contributed by atoms with Gasteiger partial charge in [-0.3, -0.25) is 4.79 Å². The zero-order valence-electron chi connectivity index (χ0n) is 7.09. The first-order valence-corrected chi connectivity index (χ1v) is 5.34. The Labute approximate surface area is 89.1 Å². The maximum atomic E-state index is 13.5. The van der Waals surface area contributed by atoms with Gasteiger partial charge in [0.2, 0.25) is 0 Å². The van der Waals surface area contributed by atoms with Crippen LogP contribution in [0.4, 0.5) is 4.39 Å². The van der Waals surface area contributed by atoms with Crippen molar-refractivity contribution in [1.29, 1.82) is 0 Å². The molecule has 1 aromatic carbocycles. The summed E-state index contributed by atoms with van der Waals surface area (Å²) in [6.07, 6.45) is 0.540. The molecule has 2 aromatic rings. The summed E-state index contributed by atoms with van der Waals surface area (Å²) in [6, 6.07) is 5.23. The van der Waals surface area contributed by atoms with Crippen molar-refractivity contribution in [2.24, 2.45) is 0 Å². The quantitative estimate of drug-likeness (QED) is 0.567. The number of carbonyl (C=O) groups is 1. The Kier molecular flexibility index (Phi) is 2.52. The van der Waals surface area contributed by atoms with Crippen LogP contribution in [-0.2, 0) is 5.88 Å². The van der Waals surface area contributed by atoms with Gasteiger partial charge in [-0.2, -0.15) is 0 Å². The van der Waals surface area contributed by atoms with Crippen molar-refractivity contribution in [3.05, 3.63) is 34.5 Å². The van der Waals surface area contributed by atoms with E-state index in [9.17, 15) is 9.18 Å². The van der Waals surface area contributed by atoms with Crippen LogP contribution in [0.1, 0.15) is 15.2 Å². The number of fused-ring (bicyclic) bond motifs is 1. The van der Waals surface area contributed by atoms with E-state index in [0.717, 1.165) is 21.6 Å². The molecule has 0 atom stereocenters. The first-order chi connectivity index (χ1) is 6.77. The average molecular weight is 229 g/mol. The fourth-order valence-electron chi connectivity index (χ4n) is 1.35. The van der Waals surface area contributed by atoms with Crippen LogP contribution < -0.4 is 0 Å². The van der Waals surface area contributed by atoms with Gasteiger partial charge in [0, 0.05) is 16.0 Å². The molecule has 0 aliphatic rings. The lowest BCUT2D eigenvalue weighted by atomic mass is 10.2. The largest absolute Gasteiger partial charge is 0.297 e. The van der Waals surface area contributed by atoms with E-state index < -0.39 is 5.82 Å². The van der Waals surface area contributed by atoms with Crippen LogP contribution in [0.3, 0.4) is 0 Å². The van der Waals surface area contributed by atoms with Crippen molar-refractivity contribution in [3.63, 3.8) is 0 Å². The molecule has 0 radical (unpaired) electrons. The Morgan fingerprint density at radius 3 is 2.93 bits per heavy atom. The summed E-state index contributed by atoms with van der Waals surface area (Å²) in [4.78, 5) is 10.7. The maximum Gasteiger partial charge on any atom is 0.163 e. The summed E-state index contributed by atoms with van der Waals surface area (Å²) in [6.45, 7) is 0. The van der Waals surface area contributed by atoms with Crippen LogP contribution in [0.2, 0.25) is 0 Å². The highest BCUT2D eigenvalue weighted by Gasteiger charge is 2.12. The number of benzene rings is 1. The van der Waals surface area contributed by atoms with Gasteiger partial charge in [0.1, 0.15) is 4.88 Å². The highest BCUT2D eigenvalue weighted by molar-refractivity contribution is 7.20. The number of halogens is 2. The second kappa shape index (κ2) is 3.67. The SMILES string of the molecule is O=Cc1sc2c(CCl)cccc2c1F. The van der Waals surface area contributed by atoms with Gasteiger partial charge in [-0.1, -0.05) is 18.2 Å². The first-order valence-electron chi connectivity index (χ1n) is 3.99. The Bertz CT molecular complexity index is 492. The Morgan fingerprint density at radius 2 is 2.29 bits per heavy atom. The van der Waals surface area contributed by atoms with E-state index in [4.69, 9.17) is 11.6 Å². The highest BCUT2D eigenvalue weighted by atomic mass is 35.5. The number of hydrogen-bond donors (Lipinski definition) is 0. The summed E-state index contributed by atoms with van der Waals surface area (Å²) < 4.78 is 14.2. The first kappa shape index (κ1) is 9.62. The van der Waals surface area contributed by atoms with E-state index in [2.05, 4.69) is 0 Å². The van der Waals surface area contributed by atoms with E-state index >= 15 is 0 Å². The van der Waals surface area contributed by atoms with Gasteiger partial charge in [-0.15, -0.1) is 22.9 Å². The zero-order chi connectivity index (χ0) is 10.1. The molecule has 0 bridgehead atoms.